The van der Waals surface area contributed by atoms with Crippen LogP contribution in [0.4, 0.5) is 20.3 Å². The summed E-state index contributed by atoms with van der Waals surface area (Å²) in [6.07, 6.45) is 0. The molecule has 0 bridgehead atoms. The second kappa shape index (κ2) is 6.18. The molecule has 0 radical (unpaired) electrons. The molecule has 0 atom stereocenters. The van der Waals surface area contributed by atoms with Gasteiger partial charge in [0, 0.05) is 17.4 Å². The Morgan fingerprint density at radius 3 is 2.27 bits per heavy atom. The molecule has 5 nitrogen and oxygen atoms in total. The topological polar surface area (TPSA) is 55.6 Å². The molecule has 26 heavy (non-hydrogen) atoms. The number of hydrogen-bond donors (Lipinski definition) is 1. The Hall–Kier alpha value is -3.35. The smallest absolute Gasteiger partial charge is 0.197 e. The highest BCUT2D eigenvalue weighted by molar-refractivity contribution is 5.79. The van der Waals surface area contributed by atoms with E-state index in [0.29, 0.717) is 28.4 Å². The Morgan fingerprint density at radius 1 is 0.885 bits per heavy atom. The van der Waals surface area contributed by atoms with Gasteiger partial charge < -0.3 is 5.32 Å². The van der Waals surface area contributed by atoms with Crippen LogP contribution in [0.15, 0.2) is 48.5 Å². The first-order valence-corrected chi connectivity index (χ1v) is 8.04. The van der Waals surface area contributed by atoms with E-state index in [9.17, 15) is 8.78 Å². The molecule has 0 unspecified atom stereocenters. The Kier molecular flexibility index (Phi) is 3.84. The van der Waals surface area contributed by atoms with Gasteiger partial charge in [-0.1, -0.05) is 12.1 Å². The first kappa shape index (κ1) is 16.1. The summed E-state index contributed by atoms with van der Waals surface area (Å²) in [7, 11) is 0. The molecule has 2 aromatic carbocycles. The second-order valence-corrected chi connectivity index (χ2v) is 5.98. The fourth-order valence-corrected chi connectivity index (χ4v) is 2.78. The van der Waals surface area contributed by atoms with Gasteiger partial charge in [-0.2, -0.15) is 5.10 Å². The van der Waals surface area contributed by atoms with Crippen molar-refractivity contribution < 1.29 is 8.78 Å². The molecule has 0 amide bonds. The third-order valence-electron chi connectivity index (χ3n) is 3.94. The summed E-state index contributed by atoms with van der Waals surface area (Å²) in [4.78, 5) is 9.26. The summed E-state index contributed by atoms with van der Waals surface area (Å²) in [5, 5.41) is 7.49. The van der Waals surface area contributed by atoms with E-state index < -0.39 is 11.6 Å². The van der Waals surface area contributed by atoms with Crippen LogP contribution >= 0.6 is 0 Å². The summed E-state index contributed by atoms with van der Waals surface area (Å²) in [5.74, 6) is -0.949. The van der Waals surface area contributed by atoms with Gasteiger partial charge in [0.2, 0.25) is 0 Å². The molecule has 4 rings (SSSR count). The maximum absolute atomic E-state index is 13.6. The van der Waals surface area contributed by atoms with Crippen LogP contribution < -0.4 is 5.32 Å². The Labute approximate surface area is 148 Å². The fourth-order valence-electron chi connectivity index (χ4n) is 2.78. The van der Waals surface area contributed by atoms with E-state index in [1.165, 1.54) is 6.07 Å². The predicted octanol–water partition coefficient (Wildman–Crippen LogP) is 4.45. The van der Waals surface area contributed by atoms with E-state index in [0.717, 1.165) is 23.5 Å². The van der Waals surface area contributed by atoms with Gasteiger partial charge in [-0.15, -0.1) is 0 Å². The molecule has 7 heteroatoms. The predicted molar refractivity (Wildman–Crippen MR) is 95.8 cm³/mol. The molecule has 2 heterocycles. The quantitative estimate of drug-likeness (QED) is 0.592. The lowest BCUT2D eigenvalue weighted by atomic mass is 10.3. The molecule has 0 saturated carbocycles. The van der Waals surface area contributed by atoms with Crippen LogP contribution in [-0.2, 0) is 0 Å². The van der Waals surface area contributed by atoms with Crippen molar-refractivity contribution in [2.24, 2.45) is 0 Å². The average Bonchev–Trinajstić information content (AvgIpc) is 2.96. The maximum Gasteiger partial charge on any atom is 0.197 e. The summed E-state index contributed by atoms with van der Waals surface area (Å²) in [6.45, 7) is 3.80. The van der Waals surface area contributed by atoms with E-state index in [4.69, 9.17) is 0 Å². The SMILES string of the molecule is Cc1cc(C)n(-c2nc3ccccc3nc2Nc2ccc(F)c(F)c2)n1. The van der Waals surface area contributed by atoms with Gasteiger partial charge in [0.1, 0.15) is 0 Å². The number of fused-ring (bicyclic) bond motifs is 1. The van der Waals surface area contributed by atoms with Crippen LogP contribution in [0.5, 0.6) is 0 Å². The zero-order chi connectivity index (χ0) is 18.3. The molecule has 0 aliphatic heterocycles. The van der Waals surface area contributed by atoms with Crippen molar-refractivity contribution in [2.75, 3.05) is 5.32 Å². The van der Waals surface area contributed by atoms with Crippen molar-refractivity contribution >= 4 is 22.5 Å². The molecule has 0 aliphatic rings. The molecule has 0 spiro atoms. The number of nitrogens with one attached hydrogen (secondary N) is 1. The molecule has 2 aromatic heterocycles. The van der Waals surface area contributed by atoms with Gasteiger partial charge >= 0.3 is 0 Å². The normalized spacial score (nSPS) is 11.1. The summed E-state index contributed by atoms with van der Waals surface area (Å²) in [5.41, 5.74) is 3.50. The summed E-state index contributed by atoms with van der Waals surface area (Å²) < 4.78 is 28.4. The van der Waals surface area contributed by atoms with E-state index in [1.54, 1.807) is 4.68 Å². The second-order valence-electron chi connectivity index (χ2n) is 5.98. The number of benzene rings is 2. The summed E-state index contributed by atoms with van der Waals surface area (Å²) in [6, 6.07) is 13.0. The standard InChI is InChI=1S/C19H15F2N5/c1-11-9-12(2)26(25-11)19-18(22-13-7-8-14(20)15(21)10-13)23-16-5-3-4-6-17(16)24-19/h3-10H,1-2H3,(H,22,23). The molecular weight excluding hydrogens is 336 g/mol. The molecule has 1 N–H and O–H groups in total. The van der Waals surface area contributed by atoms with Crippen LogP contribution in [0.2, 0.25) is 0 Å². The zero-order valence-electron chi connectivity index (χ0n) is 14.2. The van der Waals surface area contributed by atoms with Crippen LogP contribution in [-0.4, -0.2) is 19.7 Å². The third kappa shape index (κ3) is 2.88. The van der Waals surface area contributed by atoms with E-state index in [-0.39, 0.29) is 0 Å². The van der Waals surface area contributed by atoms with Crippen molar-refractivity contribution in [3.63, 3.8) is 0 Å². The van der Waals surface area contributed by atoms with Crippen molar-refractivity contribution in [1.82, 2.24) is 19.7 Å². The van der Waals surface area contributed by atoms with Crippen molar-refractivity contribution in [2.45, 2.75) is 13.8 Å². The maximum atomic E-state index is 13.6. The minimum Gasteiger partial charge on any atom is -0.337 e. The molecule has 0 aliphatic carbocycles. The van der Waals surface area contributed by atoms with Gasteiger partial charge in [0.05, 0.1) is 16.7 Å². The highest BCUT2D eigenvalue weighted by Crippen LogP contribution is 2.25. The van der Waals surface area contributed by atoms with Crippen molar-refractivity contribution in [3.05, 3.63) is 71.6 Å². The average molecular weight is 351 g/mol. The van der Waals surface area contributed by atoms with E-state index >= 15 is 0 Å². The lowest BCUT2D eigenvalue weighted by Gasteiger charge is -2.13. The molecule has 4 aromatic rings. The lowest BCUT2D eigenvalue weighted by Crippen LogP contribution is -2.09. The highest BCUT2D eigenvalue weighted by atomic mass is 19.2. The number of hydrogen-bond acceptors (Lipinski definition) is 4. The fraction of sp³-hybridized carbons (Fsp3) is 0.105. The van der Waals surface area contributed by atoms with Crippen molar-refractivity contribution in [1.29, 1.82) is 0 Å². The number of nitrogens with zero attached hydrogens (tertiary/aromatic N) is 4. The molecular formula is C19H15F2N5. The molecule has 130 valence electrons. The van der Waals surface area contributed by atoms with Gasteiger partial charge in [-0.25, -0.2) is 23.4 Å². The third-order valence-corrected chi connectivity index (χ3v) is 3.94. The van der Waals surface area contributed by atoms with Crippen LogP contribution in [0, 0.1) is 25.5 Å². The monoisotopic (exact) mass is 351 g/mol. The van der Waals surface area contributed by atoms with Crippen LogP contribution in [0.25, 0.3) is 16.9 Å². The van der Waals surface area contributed by atoms with Gasteiger partial charge in [-0.3, -0.25) is 0 Å². The Bertz CT molecular complexity index is 1120. The Morgan fingerprint density at radius 2 is 1.62 bits per heavy atom. The van der Waals surface area contributed by atoms with Gasteiger partial charge in [-0.05, 0) is 44.2 Å². The zero-order valence-corrected chi connectivity index (χ0v) is 14.2. The van der Waals surface area contributed by atoms with Crippen molar-refractivity contribution in [3.8, 4) is 5.82 Å². The number of aromatic nitrogens is 4. The van der Waals surface area contributed by atoms with Crippen LogP contribution in [0.3, 0.4) is 0 Å². The molecule has 0 fully saturated rings. The number of aryl methyl sites for hydroxylation is 2. The van der Waals surface area contributed by atoms with Gasteiger partial charge in [0.25, 0.3) is 0 Å². The Balaban J connectivity index is 1.89. The largest absolute Gasteiger partial charge is 0.337 e. The number of rotatable bonds is 3. The summed E-state index contributed by atoms with van der Waals surface area (Å²) >= 11 is 0. The minimum absolute atomic E-state index is 0.372. The van der Waals surface area contributed by atoms with Gasteiger partial charge in [0.15, 0.2) is 23.3 Å². The number of halogens is 2. The van der Waals surface area contributed by atoms with Crippen LogP contribution in [0.1, 0.15) is 11.4 Å². The first-order chi connectivity index (χ1) is 12.5. The number of para-hydroxylation sites is 2. The number of anilines is 2. The van der Waals surface area contributed by atoms with E-state index in [2.05, 4.69) is 20.4 Å². The first-order valence-electron chi connectivity index (χ1n) is 8.04. The molecule has 0 saturated heterocycles. The lowest BCUT2D eigenvalue weighted by molar-refractivity contribution is 0.509. The van der Waals surface area contributed by atoms with E-state index in [1.807, 2.05) is 44.2 Å². The minimum atomic E-state index is -0.934. The highest BCUT2D eigenvalue weighted by Gasteiger charge is 2.15.